The number of ether oxygens (including phenoxy) is 1. The Balaban J connectivity index is 1.56. The van der Waals surface area contributed by atoms with Crippen molar-refractivity contribution in [1.29, 1.82) is 0 Å². The number of hydrogen-bond acceptors (Lipinski definition) is 7. The molecule has 4 rings (SSSR count). The maximum Gasteiger partial charge on any atom is 0.190 e. The zero-order valence-corrected chi connectivity index (χ0v) is 18.6. The van der Waals surface area contributed by atoms with Crippen LogP contribution >= 0.6 is 11.3 Å². The molecule has 3 aromatic rings. The molecule has 0 aliphatic carbocycles. The Kier molecular flexibility index (Phi) is 6.36. The summed E-state index contributed by atoms with van der Waals surface area (Å²) in [5.41, 5.74) is 3.24. The molecule has 7 nitrogen and oxygen atoms in total. The molecule has 1 fully saturated rings. The van der Waals surface area contributed by atoms with Crippen LogP contribution in [0, 0.1) is 6.92 Å². The van der Waals surface area contributed by atoms with E-state index < -0.39 is 0 Å². The monoisotopic (exact) mass is 427 g/mol. The van der Waals surface area contributed by atoms with E-state index in [2.05, 4.69) is 39.3 Å². The fraction of sp³-hybridized carbons (Fsp3) is 0.455. The number of aryl methyl sites for hydroxylation is 1. The first kappa shape index (κ1) is 20.8. The van der Waals surface area contributed by atoms with E-state index in [4.69, 9.17) is 4.74 Å². The second-order valence-electron chi connectivity index (χ2n) is 7.94. The van der Waals surface area contributed by atoms with Gasteiger partial charge in [-0.1, -0.05) is 0 Å². The van der Waals surface area contributed by atoms with Gasteiger partial charge in [0.15, 0.2) is 10.6 Å². The minimum atomic E-state index is -0.0133. The molecule has 3 heterocycles. The molecule has 2 aromatic heterocycles. The van der Waals surface area contributed by atoms with Crippen LogP contribution in [-0.4, -0.2) is 60.2 Å². The van der Waals surface area contributed by atoms with Gasteiger partial charge < -0.3 is 20.4 Å². The quantitative estimate of drug-likeness (QED) is 0.538. The predicted molar refractivity (Wildman–Crippen MR) is 124 cm³/mol. The largest absolute Gasteiger partial charge is 0.492 e. The standard InChI is InChI=1S/C22H29N5O2S/c1-14(2)24-22-26-18(13-30-22)17-12-19(28)16-4-5-20(15(3)21(16)25-17)29-11-10-27-8-6-23-7-9-27/h4-5,12-14,23H,6-11H2,1-3H3,(H,24,26)(H,25,28). The highest BCUT2D eigenvalue weighted by Gasteiger charge is 2.14. The number of thiazole rings is 1. The van der Waals surface area contributed by atoms with Gasteiger partial charge in [-0.3, -0.25) is 9.69 Å². The van der Waals surface area contributed by atoms with Gasteiger partial charge in [0.05, 0.1) is 16.9 Å². The summed E-state index contributed by atoms with van der Waals surface area (Å²) in [4.78, 5) is 23.2. The predicted octanol–water partition coefficient (Wildman–Crippen LogP) is 3.06. The molecule has 1 aliphatic rings. The summed E-state index contributed by atoms with van der Waals surface area (Å²) in [6.45, 7) is 11.9. The zero-order valence-electron chi connectivity index (χ0n) is 17.7. The number of piperazine rings is 1. The Bertz CT molecular complexity index is 1070. The van der Waals surface area contributed by atoms with E-state index in [9.17, 15) is 4.79 Å². The van der Waals surface area contributed by atoms with Crippen LogP contribution in [-0.2, 0) is 0 Å². The molecule has 0 radical (unpaired) electrons. The van der Waals surface area contributed by atoms with Crippen molar-refractivity contribution < 1.29 is 4.74 Å². The molecule has 30 heavy (non-hydrogen) atoms. The Morgan fingerprint density at radius 2 is 2.10 bits per heavy atom. The van der Waals surface area contributed by atoms with Gasteiger partial charge in [0.1, 0.15) is 12.4 Å². The molecular formula is C22H29N5O2S. The van der Waals surface area contributed by atoms with Crippen LogP contribution in [0.1, 0.15) is 19.4 Å². The van der Waals surface area contributed by atoms with Crippen molar-refractivity contribution in [2.75, 3.05) is 44.6 Å². The highest BCUT2D eigenvalue weighted by atomic mass is 32.1. The third kappa shape index (κ3) is 4.66. The number of H-pyrrole nitrogens is 1. The van der Waals surface area contributed by atoms with Crippen molar-refractivity contribution in [1.82, 2.24) is 20.2 Å². The summed E-state index contributed by atoms with van der Waals surface area (Å²) in [5, 5.41) is 10.1. The van der Waals surface area contributed by atoms with Gasteiger partial charge in [-0.15, -0.1) is 11.3 Å². The maximum absolute atomic E-state index is 12.7. The topological polar surface area (TPSA) is 82.3 Å². The molecule has 1 aromatic carbocycles. The first-order valence-corrected chi connectivity index (χ1v) is 11.3. The highest BCUT2D eigenvalue weighted by Crippen LogP contribution is 2.28. The van der Waals surface area contributed by atoms with Gasteiger partial charge in [-0.25, -0.2) is 4.98 Å². The third-order valence-electron chi connectivity index (χ3n) is 5.28. The molecule has 0 unspecified atom stereocenters. The molecule has 0 amide bonds. The Morgan fingerprint density at radius 1 is 1.30 bits per heavy atom. The van der Waals surface area contributed by atoms with E-state index in [-0.39, 0.29) is 5.43 Å². The normalized spacial score (nSPS) is 15.1. The average molecular weight is 428 g/mol. The Morgan fingerprint density at radius 3 is 2.87 bits per heavy atom. The number of aromatic amines is 1. The Hall–Kier alpha value is -2.42. The van der Waals surface area contributed by atoms with E-state index in [1.807, 2.05) is 24.4 Å². The fourth-order valence-electron chi connectivity index (χ4n) is 3.66. The number of nitrogens with zero attached hydrogens (tertiary/aromatic N) is 2. The molecule has 0 bridgehead atoms. The van der Waals surface area contributed by atoms with Crippen LogP contribution in [0.4, 0.5) is 5.13 Å². The van der Waals surface area contributed by atoms with Crippen molar-refractivity contribution in [2.45, 2.75) is 26.8 Å². The molecule has 0 atom stereocenters. The molecule has 0 saturated carbocycles. The number of anilines is 1. The minimum Gasteiger partial charge on any atom is -0.492 e. The first-order valence-electron chi connectivity index (χ1n) is 10.5. The number of aromatic nitrogens is 2. The second-order valence-corrected chi connectivity index (χ2v) is 8.79. The summed E-state index contributed by atoms with van der Waals surface area (Å²) in [5.74, 6) is 0.811. The second kappa shape index (κ2) is 9.16. The average Bonchev–Trinajstić information content (AvgIpc) is 3.18. The van der Waals surface area contributed by atoms with Crippen LogP contribution in [0.15, 0.2) is 28.4 Å². The summed E-state index contributed by atoms with van der Waals surface area (Å²) >= 11 is 1.54. The lowest BCUT2D eigenvalue weighted by Gasteiger charge is -2.27. The van der Waals surface area contributed by atoms with E-state index in [0.29, 0.717) is 18.0 Å². The number of fused-ring (bicyclic) bond motifs is 1. The molecular weight excluding hydrogens is 398 g/mol. The fourth-order valence-corrected chi connectivity index (χ4v) is 4.52. The van der Waals surface area contributed by atoms with Gasteiger partial charge in [-0.05, 0) is 32.9 Å². The van der Waals surface area contributed by atoms with Crippen LogP contribution in [0.25, 0.3) is 22.3 Å². The van der Waals surface area contributed by atoms with Crippen LogP contribution < -0.4 is 20.8 Å². The smallest absolute Gasteiger partial charge is 0.190 e. The lowest BCUT2D eigenvalue weighted by atomic mass is 10.1. The van der Waals surface area contributed by atoms with Crippen molar-refractivity contribution in [3.05, 3.63) is 39.4 Å². The Labute approximate surface area is 180 Å². The van der Waals surface area contributed by atoms with E-state index in [1.54, 1.807) is 6.07 Å². The number of pyridine rings is 1. The summed E-state index contributed by atoms with van der Waals surface area (Å²) in [7, 11) is 0. The third-order valence-corrected chi connectivity index (χ3v) is 6.06. The van der Waals surface area contributed by atoms with E-state index in [1.165, 1.54) is 11.3 Å². The van der Waals surface area contributed by atoms with E-state index in [0.717, 1.165) is 66.1 Å². The van der Waals surface area contributed by atoms with Gasteiger partial charge in [0, 0.05) is 61.2 Å². The summed E-state index contributed by atoms with van der Waals surface area (Å²) in [6.07, 6.45) is 0. The number of nitrogens with one attached hydrogen (secondary N) is 3. The van der Waals surface area contributed by atoms with Gasteiger partial charge >= 0.3 is 0 Å². The summed E-state index contributed by atoms with van der Waals surface area (Å²) < 4.78 is 6.07. The number of benzene rings is 1. The van der Waals surface area contributed by atoms with Crippen molar-refractivity contribution >= 4 is 27.4 Å². The number of hydrogen-bond donors (Lipinski definition) is 3. The SMILES string of the molecule is Cc1c(OCCN2CCNCC2)ccc2c(=O)cc(-c3csc(NC(C)C)n3)[nH]c12. The van der Waals surface area contributed by atoms with Gasteiger partial charge in [-0.2, -0.15) is 0 Å². The maximum atomic E-state index is 12.7. The molecule has 0 spiro atoms. The van der Waals surface area contributed by atoms with Crippen molar-refractivity contribution in [2.24, 2.45) is 0 Å². The lowest BCUT2D eigenvalue weighted by molar-refractivity contribution is 0.191. The number of rotatable bonds is 7. The van der Waals surface area contributed by atoms with E-state index >= 15 is 0 Å². The molecule has 1 saturated heterocycles. The molecule has 1 aliphatic heterocycles. The highest BCUT2D eigenvalue weighted by molar-refractivity contribution is 7.14. The van der Waals surface area contributed by atoms with Crippen molar-refractivity contribution in [3.8, 4) is 17.1 Å². The minimum absolute atomic E-state index is 0.0133. The first-order chi connectivity index (χ1) is 14.5. The lowest BCUT2D eigenvalue weighted by Crippen LogP contribution is -2.44. The summed E-state index contributed by atoms with van der Waals surface area (Å²) in [6, 6.07) is 5.68. The molecule has 3 N–H and O–H groups in total. The van der Waals surface area contributed by atoms with Crippen LogP contribution in [0.5, 0.6) is 5.75 Å². The molecule has 160 valence electrons. The zero-order chi connectivity index (χ0) is 21.1. The van der Waals surface area contributed by atoms with Crippen LogP contribution in [0.3, 0.4) is 0 Å². The van der Waals surface area contributed by atoms with Crippen molar-refractivity contribution in [3.63, 3.8) is 0 Å². The molecule has 8 heteroatoms. The van der Waals surface area contributed by atoms with Gasteiger partial charge in [0.25, 0.3) is 0 Å². The van der Waals surface area contributed by atoms with Gasteiger partial charge in [0.2, 0.25) is 0 Å². The van der Waals surface area contributed by atoms with Crippen LogP contribution in [0.2, 0.25) is 0 Å².